The van der Waals surface area contributed by atoms with Gasteiger partial charge in [-0.1, -0.05) is 38.1 Å². The number of benzene rings is 2. The lowest BCUT2D eigenvalue weighted by Crippen LogP contribution is -2.42. The number of hydrogen-bond acceptors (Lipinski definition) is 7. The van der Waals surface area contributed by atoms with Gasteiger partial charge in [0.15, 0.2) is 11.5 Å². The molecule has 4 N–H and O–H groups in total. The average molecular weight is 442 g/mol. The second-order valence-corrected chi connectivity index (χ2v) is 8.70. The SMILES string of the molecule is COc1cc(C2C3C(NNC3c3ccccc3O)C(=O)N2CCO)ccc1OCC(C)C. The van der Waals surface area contributed by atoms with E-state index in [1.54, 1.807) is 24.1 Å². The third-order valence-electron chi connectivity index (χ3n) is 6.13. The van der Waals surface area contributed by atoms with E-state index in [1.165, 1.54) is 0 Å². The van der Waals surface area contributed by atoms with E-state index < -0.39 is 6.04 Å². The van der Waals surface area contributed by atoms with Crippen LogP contribution in [0.1, 0.15) is 37.1 Å². The summed E-state index contributed by atoms with van der Waals surface area (Å²) in [6.07, 6.45) is 0. The zero-order valence-electron chi connectivity index (χ0n) is 18.6. The number of nitrogens with zero attached hydrogens (tertiary/aromatic N) is 1. The van der Waals surface area contributed by atoms with E-state index in [4.69, 9.17) is 9.47 Å². The molecule has 2 saturated heterocycles. The van der Waals surface area contributed by atoms with Crippen LogP contribution < -0.4 is 20.3 Å². The first-order valence-electron chi connectivity index (χ1n) is 11.0. The highest BCUT2D eigenvalue weighted by Gasteiger charge is 2.55. The van der Waals surface area contributed by atoms with Gasteiger partial charge in [-0.05, 0) is 29.7 Å². The first kappa shape index (κ1) is 22.4. The van der Waals surface area contributed by atoms with Gasteiger partial charge in [0, 0.05) is 18.0 Å². The predicted octanol–water partition coefficient (Wildman–Crippen LogP) is 2.15. The van der Waals surface area contributed by atoms with Gasteiger partial charge in [0.25, 0.3) is 0 Å². The lowest BCUT2D eigenvalue weighted by Gasteiger charge is -2.31. The van der Waals surface area contributed by atoms with Crippen LogP contribution in [0.5, 0.6) is 17.2 Å². The summed E-state index contributed by atoms with van der Waals surface area (Å²) in [6, 6.07) is 11.8. The Kier molecular flexibility index (Phi) is 6.55. The number of carbonyl (C=O) groups excluding carboxylic acids is 1. The van der Waals surface area contributed by atoms with E-state index in [2.05, 4.69) is 24.7 Å². The number of rotatable bonds is 8. The second kappa shape index (κ2) is 9.36. The lowest BCUT2D eigenvalue weighted by atomic mass is 9.83. The normalized spacial score (nSPS) is 24.8. The number of amides is 1. The molecule has 0 aliphatic carbocycles. The van der Waals surface area contributed by atoms with Gasteiger partial charge in [0.05, 0.1) is 32.4 Å². The number of fused-ring (bicyclic) bond motifs is 1. The number of aliphatic hydroxyl groups is 1. The summed E-state index contributed by atoms with van der Waals surface area (Å²) >= 11 is 0. The Labute approximate surface area is 188 Å². The molecule has 0 bridgehead atoms. The summed E-state index contributed by atoms with van der Waals surface area (Å²) in [5, 5.41) is 20.1. The Morgan fingerprint density at radius 2 is 1.84 bits per heavy atom. The maximum absolute atomic E-state index is 13.2. The molecule has 8 nitrogen and oxygen atoms in total. The standard InChI is InChI=1S/C24H31N3O5/c1-14(2)13-32-18-9-8-15(12-19(18)31-3)23-20-21(16-6-4-5-7-17(16)29)25-26-22(20)24(30)27(23)10-11-28/h4-9,12,14,20-23,25-26,28-29H,10-11,13H2,1-3H3. The average Bonchev–Trinajstić information content (AvgIpc) is 3.32. The fourth-order valence-electron chi connectivity index (χ4n) is 4.72. The number of phenolic OH excluding ortho intramolecular Hbond substituents is 1. The molecule has 2 fully saturated rings. The van der Waals surface area contributed by atoms with Crippen LogP contribution in [0, 0.1) is 11.8 Å². The fourth-order valence-corrected chi connectivity index (χ4v) is 4.72. The van der Waals surface area contributed by atoms with Crippen molar-refractivity contribution in [2.45, 2.75) is 32.0 Å². The molecule has 32 heavy (non-hydrogen) atoms. The van der Waals surface area contributed by atoms with Crippen molar-refractivity contribution in [1.82, 2.24) is 15.8 Å². The number of methoxy groups -OCH3 is 1. The summed E-state index contributed by atoms with van der Waals surface area (Å²) in [5.74, 6) is 1.52. The second-order valence-electron chi connectivity index (χ2n) is 8.70. The quantitative estimate of drug-likeness (QED) is 0.498. The molecular formula is C24H31N3O5. The number of aliphatic hydroxyl groups excluding tert-OH is 1. The molecule has 4 unspecified atom stereocenters. The van der Waals surface area contributed by atoms with Crippen LogP contribution in [0.3, 0.4) is 0 Å². The number of hydrogen-bond donors (Lipinski definition) is 4. The van der Waals surface area contributed by atoms with Gasteiger partial charge in [-0.25, -0.2) is 10.9 Å². The van der Waals surface area contributed by atoms with Crippen molar-refractivity contribution in [3.8, 4) is 17.2 Å². The molecule has 2 aliphatic heterocycles. The van der Waals surface area contributed by atoms with Crippen molar-refractivity contribution < 1.29 is 24.5 Å². The smallest absolute Gasteiger partial charge is 0.242 e. The van der Waals surface area contributed by atoms with Crippen LogP contribution in [0.2, 0.25) is 0 Å². The minimum absolute atomic E-state index is 0.0847. The molecule has 172 valence electrons. The van der Waals surface area contributed by atoms with Crippen LogP contribution in [-0.4, -0.2) is 53.9 Å². The van der Waals surface area contributed by atoms with E-state index in [0.717, 1.165) is 11.1 Å². The number of para-hydroxylation sites is 1. The molecule has 2 aromatic carbocycles. The van der Waals surface area contributed by atoms with Crippen LogP contribution in [0.4, 0.5) is 0 Å². The number of aromatic hydroxyl groups is 1. The Hall–Kier alpha value is -2.81. The minimum atomic E-state index is -0.473. The summed E-state index contributed by atoms with van der Waals surface area (Å²) in [7, 11) is 1.60. The van der Waals surface area contributed by atoms with Gasteiger partial charge in [-0.2, -0.15) is 0 Å². The number of β-amino-alcohol motifs (C(OH)–C–C–N with tert-alkyl or cyclic N) is 1. The van der Waals surface area contributed by atoms with Crippen molar-refractivity contribution >= 4 is 5.91 Å². The number of carbonyl (C=O) groups is 1. The number of nitrogens with one attached hydrogen (secondary N) is 2. The number of phenols is 1. The zero-order valence-corrected chi connectivity index (χ0v) is 18.6. The lowest BCUT2D eigenvalue weighted by molar-refractivity contribution is -0.131. The van der Waals surface area contributed by atoms with Gasteiger partial charge in [-0.15, -0.1) is 0 Å². The maximum atomic E-state index is 13.2. The maximum Gasteiger partial charge on any atom is 0.242 e. The predicted molar refractivity (Wildman–Crippen MR) is 119 cm³/mol. The Morgan fingerprint density at radius 3 is 2.53 bits per heavy atom. The van der Waals surface area contributed by atoms with E-state index in [9.17, 15) is 15.0 Å². The number of hydrazine groups is 1. The van der Waals surface area contributed by atoms with Crippen LogP contribution in [-0.2, 0) is 4.79 Å². The minimum Gasteiger partial charge on any atom is -0.508 e. The highest BCUT2D eigenvalue weighted by atomic mass is 16.5. The van der Waals surface area contributed by atoms with Crippen molar-refractivity contribution in [2.24, 2.45) is 11.8 Å². The van der Waals surface area contributed by atoms with Crippen LogP contribution >= 0.6 is 0 Å². The molecule has 0 spiro atoms. The molecule has 0 saturated carbocycles. The zero-order chi connectivity index (χ0) is 22.8. The highest BCUT2D eigenvalue weighted by Crippen LogP contribution is 2.49. The van der Waals surface area contributed by atoms with Crippen molar-refractivity contribution in [1.29, 1.82) is 0 Å². The van der Waals surface area contributed by atoms with Crippen molar-refractivity contribution in [2.75, 3.05) is 26.9 Å². The van der Waals surface area contributed by atoms with E-state index in [0.29, 0.717) is 24.0 Å². The monoisotopic (exact) mass is 441 g/mol. The van der Waals surface area contributed by atoms with Crippen LogP contribution in [0.15, 0.2) is 42.5 Å². The molecule has 4 rings (SSSR count). The summed E-state index contributed by atoms with van der Waals surface area (Å²) in [4.78, 5) is 14.9. The first-order valence-corrected chi connectivity index (χ1v) is 11.0. The molecule has 2 aliphatic rings. The van der Waals surface area contributed by atoms with Gasteiger partial charge in [0.1, 0.15) is 11.8 Å². The highest BCUT2D eigenvalue weighted by molar-refractivity contribution is 5.86. The Morgan fingerprint density at radius 1 is 1.09 bits per heavy atom. The third kappa shape index (κ3) is 4.01. The van der Waals surface area contributed by atoms with Gasteiger partial charge >= 0.3 is 0 Å². The molecule has 0 radical (unpaired) electrons. The van der Waals surface area contributed by atoms with Crippen LogP contribution in [0.25, 0.3) is 0 Å². The summed E-state index contributed by atoms with van der Waals surface area (Å²) in [5.41, 5.74) is 7.93. The van der Waals surface area contributed by atoms with Crippen molar-refractivity contribution in [3.05, 3.63) is 53.6 Å². The fraction of sp³-hybridized carbons (Fsp3) is 0.458. The summed E-state index contributed by atoms with van der Waals surface area (Å²) in [6.45, 7) is 4.82. The van der Waals surface area contributed by atoms with E-state index >= 15 is 0 Å². The molecule has 2 heterocycles. The molecule has 4 atom stereocenters. The molecule has 2 aromatic rings. The molecule has 8 heteroatoms. The molecule has 0 aromatic heterocycles. The molecular weight excluding hydrogens is 410 g/mol. The third-order valence-corrected chi connectivity index (χ3v) is 6.13. The van der Waals surface area contributed by atoms with Gasteiger partial charge < -0.3 is 24.6 Å². The van der Waals surface area contributed by atoms with Gasteiger partial charge in [0.2, 0.25) is 5.91 Å². The largest absolute Gasteiger partial charge is 0.508 e. The Bertz CT molecular complexity index is 966. The summed E-state index contributed by atoms with van der Waals surface area (Å²) < 4.78 is 11.5. The molecule has 1 amide bonds. The Balaban J connectivity index is 1.73. The number of ether oxygens (including phenoxy) is 2. The topological polar surface area (TPSA) is 103 Å². The first-order chi connectivity index (χ1) is 15.5. The van der Waals surface area contributed by atoms with Gasteiger partial charge in [-0.3, -0.25) is 4.79 Å². The van der Waals surface area contributed by atoms with E-state index in [-0.39, 0.29) is 42.8 Å². The van der Waals surface area contributed by atoms with E-state index in [1.807, 2.05) is 30.3 Å². The van der Waals surface area contributed by atoms with Crippen molar-refractivity contribution in [3.63, 3.8) is 0 Å². The number of likely N-dealkylation sites (tertiary alicyclic amines) is 1.